The third-order valence-corrected chi connectivity index (χ3v) is 7.51. The number of ether oxygens (including phenoxy) is 2. The van der Waals surface area contributed by atoms with Gasteiger partial charge in [0.1, 0.15) is 23.0 Å². The minimum Gasteiger partial charge on any atom is -0.497 e. The molecular formula is C20H22BrClN2O4S. The van der Waals surface area contributed by atoms with Crippen LogP contribution < -0.4 is 9.47 Å². The summed E-state index contributed by atoms with van der Waals surface area (Å²) in [5.74, 6) is 1.07. The summed E-state index contributed by atoms with van der Waals surface area (Å²) in [6, 6.07) is 9.85. The third-order valence-electron chi connectivity index (χ3n) is 4.50. The lowest BCUT2D eigenvalue weighted by molar-refractivity contribution is 0.262. The predicted octanol–water partition coefficient (Wildman–Crippen LogP) is 4.55. The summed E-state index contributed by atoms with van der Waals surface area (Å²) < 4.78 is 40.0. The Labute approximate surface area is 184 Å². The van der Waals surface area contributed by atoms with Gasteiger partial charge in [0.2, 0.25) is 0 Å². The van der Waals surface area contributed by atoms with Gasteiger partial charge in [0, 0.05) is 21.4 Å². The van der Waals surface area contributed by atoms with Crippen molar-refractivity contribution >= 4 is 48.5 Å². The molecule has 1 aromatic heterocycles. The second-order valence-corrected chi connectivity index (χ2v) is 9.84. The average Bonchev–Trinajstić information content (AvgIpc) is 2.93. The molecule has 0 spiro atoms. The molecule has 0 amide bonds. The van der Waals surface area contributed by atoms with Crippen molar-refractivity contribution in [3.05, 3.63) is 51.6 Å². The van der Waals surface area contributed by atoms with Crippen molar-refractivity contribution < 1.29 is 17.9 Å². The summed E-state index contributed by atoms with van der Waals surface area (Å²) in [7, 11) is 1.52. The molecule has 0 aliphatic rings. The van der Waals surface area contributed by atoms with Crippen LogP contribution in [0.15, 0.2) is 45.8 Å². The van der Waals surface area contributed by atoms with Crippen LogP contribution in [0.2, 0.25) is 5.02 Å². The van der Waals surface area contributed by atoms with E-state index in [9.17, 15) is 8.42 Å². The topological polar surface area (TPSA) is 60.8 Å². The summed E-state index contributed by atoms with van der Waals surface area (Å²) in [4.78, 5) is 2.13. The molecule has 0 aliphatic carbocycles. The van der Waals surface area contributed by atoms with Gasteiger partial charge in [0.25, 0.3) is 10.0 Å². The minimum atomic E-state index is -3.90. The Morgan fingerprint density at radius 3 is 2.52 bits per heavy atom. The van der Waals surface area contributed by atoms with Gasteiger partial charge in [-0.25, -0.2) is 12.4 Å². The molecule has 0 unspecified atom stereocenters. The predicted molar refractivity (Wildman–Crippen MR) is 119 cm³/mol. The number of hydrogen-bond donors (Lipinski definition) is 0. The quantitative estimate of drug-likeness (QED) is 0.475. The van der Waals surface area contributed by atoms with Crippen LogP contribution in [0.5, 0.6) is 11.5 Å². The van der Waals surface area contributed by atoms with E-state index in [4.69, 9.17) is 21.1 Å². The van der Waals surface area contributed by atoms with Crippen LogP contribution in [0.3, 0.4) is 0 Å². The Balaban J connectivity index is 2.20. The Morgan fingerprint density at radius 1 is 1.17 bits per heavy atom. The highest BCUT2D eigenvalue weighted by Crippen LogP contribution is 2.38. The normalized spacial score (nSPS) is 12.0. The molecule has 0 aliphatic heterocycles. The first kappa shape index (κ1) is 22.0. The summed E-state index contributed by atoms with van der Waals surface area (Å²) in [6.07, 6.45) is 0. The van der Waals surface area contributed by atoms with Crippen LogP contribution in [0.4, 0.5) is 0 Å². The van der Waals surface area contributed by atoms with Crippen LogP contribution >= 0.6 is 27.5 Å². The molecule has 6 nitrogen and oxygen atoms in total. The summed E-state index contributed by atoms with van der Waals surface area (Å²) in [5.41, 5.74) is 0.998. The fourth-order valence-electron chi connectivity index (χ4n) is 3.07. The molecule has 9 heteroatoms. The lowest BCUT2D eigenvalue weighted by atomic mass is 10.2. The second kappa shape index (κ2) is 8.55. The number of methoxy groups -OCH3 is 1. The van der Waals surface area contributed by atoms with E-state index in [-0.39, 0.29) is 4.90 Å². The summed E-state index contributed by atoms with van der Waals surface area (Å²) >= 11 is 9.54. The number of halogens is 2. The van der Waals surface area contributed by atoms with Crippen molar-refractivity contribution in [2.24, 2.45) is 0 Å². The van der Waals surface area contributed by atoms with Crippen LogP contribution in [0.25, 0.3) is 10.9 Å². The Morgan fingerprint density at radius 2 is 1.90 bits per heavy atom. The van der Waals surface area contributed by atoms with E-state index in [0.717, 1.165) is 0 Å². The van der Waals surface area contributed by atoms with Crippen molar-refractivity contribution in [3.8, 4) is 11.5 Å². The smallest absolute Gasteiger partial charge is 0.269 e. The monoisotopic (exact) mass is 500 g/mol. The molecule has 0 fully saturated rings. The highest BCUT2D eigenvalue weighted by molar-refractivity contribution is 9.10. The molecule has 2 aromatic carbocycles. The highest BCUT2D eigenvalue weighted by atomic mass is 79.9. The fourth-order valence-corrected chi connectivity index (χ4v) is 5.82. The van der Waals surface area contributed by atoms with Gasteiger partial charge in [0.15, 0.2) is 0 Å². The lowest BCUT2D eigenvalue weighted by Gasteiger charge is -2.13. The first-order valence-electron chi connectivity index (χ1n) is 8.84. The Hall–Kier alpha value is -1.74. The van der Waals surface area contributed by atoms with Gasteiger partial charge < -0.3 is 14.4 Å². The molecular weight excluding hydrogens is 480 g/mol. The van der Waals surface area contributed by atoms with Crippen LogP contribution in [-0.4, -0.2) is 51.6 Å². The first-order valence-corrected chi connectivity index (χ1v) is 11.4. The number of fused-ring (bicyclic) bond motifs is 1. The molecule has 156 valence electrons. The van der Waals surface area contributed by atoms with Crippen molar-refractivity contribution in [2.45, 2.75) is 11.8 Å². The molecule has 3 rings (SSSR count). The van der Waals surface area contributed by atoms with Crippen LogP contribution in [0.1, 0.15) is 5.69 Å². The summed E-state index contributed by atoms with van der Waals surface area (Å²) in [5, 5.41) is 1.16. The number of benzene rings is 2. The number of aromatic nitrogens is 1. The Bertz CT molecular complexity index is 1160. The van der Waals surface area contributed by atoms with E-state index >= 15 is 0 Å². The zero-order chi connectivity index (χ0) is 21.3. The number of nitrogens with zero attached hydrogens (tertiary/aromatic N) is 2. The maximum absolute atomic E-state index is 13.6. The molecule has 0 saturated heterocycles. The van der Waals surface area contributed by atoms with E-state index < -0.39 is 10.0 Å². The van der Waals surface area contributed by atoms with Crippen molar-refractivity contribution in [2.75, 3.05) is 34.4 Å². The van der Waals surface area contributed by atoms with Crippen LogP contribution in [0, 0.1) is 6.92 Å². The SMILES string of the molecule is COc1ccc(S(=O)(=O)n2c(C)c(OCCN(C)C)c3cc(Cl)ccc32)c(Br)c1. The molecule has 1 heterocycles. The van der Waals surface area contributed by atoms with Gasteiger partial charge in [-0.05, 0) is 73.3 Å². The van der Waals surface area contributed by atoms with E-state index in [1.807, 2.05) is 19.0 Å². The van der Waals surface area contributed by atoms with Gasteiger partial charge in [-0.15, -0.1) is 0 Å². The summed E-state index contributed by atoms with van der Waals surface area (Å²) in [6.45, 7) is 2.85. The van der Waals surface area contributed by atoms with Crippen molar-refractivity contribution in [3.63, 3.8) is 0 Å². The second-order valence-electron chi connectivity index (χ2n) is 6.79. The molecule has 0 radical (unpaired) electrons. The van der Waals surface area contributed by atoms with Gasteiger partial charge in [0.05, 0.1) is 18.3 Å². The zero-order valence-electron chi connectivity index (χ0n) is 16.6. The van der Waals surface area contributed by atoms with E-state index in [1.165, 1.54) is 17.1 Å². The standard InChI is InChI=1S/C20H22BrClN2O4S/c1-13-20(28-10-9-23(2)3)16-11-14(22)5-7-18(16)24(13)29(25,26)19-8-6-15(27-4)12-17(19)21/h5-8,11-12H,9-10H2,1-4H3. The molecule has 0 atom stereocenters. The van der Waals surface area contributed by atoms with Gasteiger partial charge in [-0.2, -0.15) is 0 Å². The largest absolute Gasteiger partial charge is 0.497 e. The van der Waals surface area contributed by atoms with E-state index in [0.29, 0.717) is 50.7 Å². The first-order chi connectivity index (χ1) is 13.7. The lowest BCUT2D eigenvalue weighted by Crippen LogP contribution is -2.20. The molecule has 0 saturated carbocycles. The zero-order valence-corrected chi connectivity index (χ0v) is 19.7. The average molecular weight is 502 g/mol. The van der Waals surface area contributed by atoms with Gasteiger partial charge in [-0.3, -0.25) is 0 Å². The van der Waals surface area contributed by atoms with E-state index in [1.54, 1.807) is 37.3 Å². The number of likely N-dealkylation sites (N-methyl/N-ethyl adjacent to an activating group) is 1. The van der Waals surface area contributed by atoms with Crippen LogP contribution in [-0.2, 0) is 10.0 Å². The number of hydrogen-bond acceptors (Lipinski definition) is 5. The Kier molecular flexibility index (Phi) is 6.48. The minimum absolute atomic E-state index is 0.132. The third kappa shape index (κ3) is 4.26. The van der Waals surface area contributed by atoms with E-state index in [2.05, 4.69) is 15.9 Å². The van der Waals surface area contributed by atoms with Gasteiger partial charge in [-0.1, -0.05) is 11.6 Å². The number of rotatable bonds is 7. The molecule has 0 N–H and O–H groups in total. The maximum Gasteiger partial charge on any atom is 0.269 e. The molecule has 29 heavy (non-hydrogen) atoms. The van der Waals surface area contributed by atoms with Gasteiger partial charge >= 0.3 is 0 Å². The van der Waals surface area contributed by atoms with Crippen molar-refractivity contribution in [1.82, 2.24) is 8.87 Å². The molecule has 0 bridgehead atoms. The maximum atomic E-state index is 13.6. The molecule has 3 aromatic rings. The highest BCUT2D eigenvalue weighted by Gasteiger charge is 2.28. The van der Waals surface area contributed by atoms with Crippen molar-refractivity contribution in [1.29, 1.82) is 0 Å². The fraction of sp³-hybridized carbons (Fsp3) is 0.300.